The lowest BCUT2D eigenvalue weighted by atomic mass is 9.86. The van der Waals surface area contributed by atoms with Crippen molar-refractivity contribution in [3.63, 3.8) is 0 Å². The summed E-state index contributed by atoms with van der Waals surface area (Å²) in [5.74, 6) is -1.76. The van der Waals surface area contributed by atoms with Gasteiger partial charge >= 0.3 is 12.1 Å². The average molecular weight is 560 g/mol. The van der Waals surface area contributed by atoms with Crippen LogP contribution in [0.2, 0.25) is 0 Å². The highest BCUT2D eigenvalue weighted by molar-refractivity contribution is 7.86. The van der Waals surface area contributed by atoms with Crippen LogP contribution in [0.1, 0.15) is 23.5 Å². The second kappa shape index (κ2) is 13.4. The van der Waals surface area contributed by atoms with Crippen molar-refractivity contribution in [1.29, 1.82) is 0 Å². The maximum atomic E-state index is 13.4. The van der Waals surface area contributed by atoms with Crippen LogP contribution >= 0.6 is 0 Å². The summed E-state index contributed by atoms with van der Waals surface area (Å²) in [6.45, 7) is 3.57. The van der Waals surface area contributed by atoms with Crippen molar-refractivity contribution in [2.24, 2.45) is 11.7 Å². The van der Waals surface area contributed by atoms with Crippen LogP contribution in [0.15, 0.2) is 54.6 Å². The smallest absolute Gasteiger partial charge is 0.490 e. The number of carboxylic acid groups (broad SMARTS) is 1. The van der Waals surface area contributed by atoms with Crippen molar-refractivity contribution in [3.05, 3.63) is 65.7 Å². The normalized spacial score (nSPS) is 21.3. The molecule has 2 aromatic carbocycles. The fraction of sp³-hybridized carbons (Fsp3) is 0.480. The van der Waals surface area contributed by atoms with E-state index < -0.39 is 22.4 Å². The molecule has 0 amide bonds. The number of hydrogen-bond acceptors (Lipinski definition) is 6. The summed E-state index contributed by atoms with van der Waals surface area (Å²) >= 11 is 0. The molecule has 2 saturated heterocycles. The fourth-order valence-corrected chi connectivity index (χ4v) is 6.06. The summed E-state index contributed by atoms with van der Waals surface area (Å²) in [6.07, 6.45) is -4.20. The molecule has 13 heteroatoms. The number of ether oxygens (including phenoxy) is 2. The number of carboxylic acids is 1. The highest BCUT2D eigenvalue weighted by Crippen LogP contribution is 2.33. The number of morpholine rings is 1. The number of piperidine rings is 1. The molecule has 210 valence electrons. The second-order valence-corrected chi connectivity index (χ2v) is 10.9. The summed E-state index contributed by atoms with van der Waals surface area (Å²) < 4.78 is 73.1. The van der Waals surface area contributed by atoms with E-state index in [-0.39, 0.29) is 11.8 Å². The van der Waals surface area contributed by atoms with Crippen molar-refractivity contribution in [2.45, 2.75) is 25.1 Å². The highest BCUT2D eigenvalue weighted by Gasteiger charge is 2.39. The van der Waals surface area contributed by atoms with Gasteiger partial charge in [-0.1, -0.05) is 42.5 Å². The van der Waals surface area contributed by atoms with Gasteiger partial charge in [0.25, 0.3) is 10.2 Å². The van der Waals surface area contributed by atoms with E-state index in [1.54, 1.807) is 8.61 Å². The number of alkyl halides is 3. The van der Waals surface area contributed by atoms with E-state index >= 15 is 0 Å². The van der Waals surface area contributed by atoms with Crippen molar-refractivity contribution in [2.75, 3.05) is 46.0 Å². The van der Waals surface area contributed by atoms with Gasteiger partial charge in [0.05, 0.1) is 19.8 Å². The molecule has 2 aliphatic heterocycles. The molecule has 2 aromatic rings. The first kappa shape index (κ1) is 29.8. The lowest BCUT2D eigenvalue weighted by molar-refractivity contribution is -0.192. The number of nitrogens with two attached hydrogens (primary N) is 1. The lowest BCUT2D eigenvalue weighted by Gasteiger charge is -2.40. The summed E-state index contributed by atoms with van der Waals surface area (Å²) in [6, 6.07) is 17.9. The van der Waals surface area contributed by atoms with E-state index in [4.69, 9.17) is 25.1 Å². The first-order valence-corrected chi connectivity index (χ1v) is 13.5. The third-order valence-corrected chi connectivity index (χ3v) is 8.23. The molecule has 0 saturated carbocycles. The topological polar surface area (TPSA) is 122 Å². The van der Waals surface area contributed by atoms with E-state index in [9.17, 15) is 21.6 Å². The summed E-state index contributed by atoms with van der Waals surface area (Å²) in [5, 5.41) is 7.12. The molecule has 2 atom stereocenters. The number of carbonyl (C=O) groups is 1. The lowest BCUT2D eigenvalue weighted by Crippen LogP contribution is -2.53. The Hall–Kier alpha value is -2.71. The molecule has 0 spiro atoms. The van der Waals surface area contributed by atoms with Gasteiger partial charge in [-0.05, 0) is 35.6 Å². The third kappa shape index (κ3) is 8.40. The van der Waals surface area contributed by atoms with Gasteiger partial charge in [-0.3, -0.25) is 0 Å². The van der Waals surface area contributed by atoms with Crippen LogP contribution in [0, 0.1) is 5.92 Å². The Morgan fingerprint density at radius 2 is 1.71 bits per heavy atom. The van der Waals surface area contributed by atoms with Gasteiger partial charge in [-0.25, -0.2) is 4.79 Å². The first-order chi connectivity index (χ1) is 18.0. The Kier molecular flexibility index (Phi) is 10.5. The minimum absolute atomic E-state index is 0.0938. The second-order valence-electron chi connectivity index (χ2n) is 9.01. The largest absolute Gasteiger partial charge is 0.493 e. The molecule has 38 heavy (non-hydrogen) atoms. The molecule has 0 unspecified atom stereocenters. The van der Waals surface area contributed by atoms with Crippen molar-refractivity contribution >= 4 is 16.2 Å². The van der Waals surface area contributed by atoms with Gasteiger partial charge < -0.3 is 20.3 Å². The molecule has 3 N–H and O–H groups in total. The van der Waals surface area contributed by atoms with Gasteiger partial charge in [-0.15, -0.1) is 0 Å². The van der Waals surface area contributed by atoms with E-state index in [1.807, 2.05) is 42.5 Å². The van der Waals surface area contributed by atoms with Crippen LogP contribution in [-0.4, -0.2) is 80.3 Å². The molecule has 2 fully saturated rings. The Balaban J connectivity index is 0.000000505. The van der Waals surface area contributed by atoms with Crippen LogP contribution in [0.4, 0.5) is 13.2 Å². The molecule has 0 aliphatic carbocycles. The minimum Gasteiger partial charge on any atom is -0.493 e. The predicted octanol–water partition coefficient (Wildman–Crippen LogP) is 2.84. The molecule has 4 rings (SSSR count). The number of benzene rings is 2. The molecular formula is C25H32F3N3O6S. The quantitative estimate of drug-likeness (QED) is 0.535. The van der Waals surface area contributed by atoms with Gasteiger partial charge in [0.2, 0.25) is 0 Å². The zero-order valence-electron chi connectivity index (χ0n) is 20.7. The van der Waals surface area contributed by atoms with Crippen molar-refractivity contribution in [3.8, 4) is 5.75 Å². The Morgan fingerprint density at radius 1 is 1.05 bits per heavy atom. The standard InChI is InChI=1S/C23H31N3O4S.C2HF3O2/c24-15-19-5-4-8-23(14-19)30-18-20-13-22(21-6-2-1-3-7-21)17-26(16-20)31(27,28)25-9-11-29-12-10-25;3-2(4,5)1(6)7/h1-8,14,20,22H,9-13,15-18,24H2;(H,6,7)/t20-,22-;/m0./s1. The highest BCUT2D eigenvalue weighted by atomic mass is 32.2. The SMILES string of the molecule is NCc1cccc(OC[C@H]2C[C@H](c3ccccc3)CN(S(=O)(=O)N3CCOCC3)C2)c1.O=C(O)C(F)(F)F. The van der Waals surface area contributed by atoms with Gasteiger partial charge in [-0.2, -0.15) is 30.2 Å². The number of aliphatic carboxylic acids is 1. The zero-order chi connectivity index (χ0) is 27.8. The number of nitrogens with zero attached hydrogens (tertiary/aromatic N) is 2. The predicted molar refractivity (Wildman–Crippen MR) is 134 cm³/mol. The van der Waals surface area contributed by atoms with E-state index in [1.165, 1.54) is 5.56 Å². The van der Waals surface area contributed by atoms with Crippen LogP contribution in [0.25, 0.3) is 0 Å². The maximum absolute atomic E-state index is 13.4. The molecule has 0 aromatic heterocycles. The molecule has 9 nitrogen and oxygen atoms in total. The average Bonchev–Trinajstić information content (AvgIpc) is 2.92. The maximum Gasteiger partial charge on any atom is 0.490 e. The van der Waals surface area contributed by atoms with Crippen molar-refractivity contribution < 1.29 is 41.0 Å². The number of rotatable bonds is 7. The number of halogens is 3. The van der Waals surface area contributed by atoms with E-state index in [0.29, 0.717) is 52.5 Å². The minimum atomic E-state index is -5.08. The van der Waals surface area contributed by atoms with Gasteiger partial charge in [0.1, 0.15) is 5.75 Å². The van der Waals surface area contributed by atoms with Crippen LogP contribution in [0.3, 0.4) is 0 Å². The molecular weight excluding hydrogens is 527 g/mol. The number of hydrogen-bond donors (Lipinski definition) is 2. The van der Waals surface area contributed by atoms with Crippen LogP contribution < -0.4 is 10.5 Å². The van der Waals surface area contributed by atoms with E-state index in [0.717, 1.165) is 17.7 Å². The summed E-state index contributed by atoms with van der Waals surface area (Å²) in [7, 11) is -3.54. The fourth-order valence-electron chi connectivity index (χ4n) is 4.35. The van der Waals surface area contributed by atoms with Crippen molar-refractivity contribution in [1.82, 2.24) is 8.61 Å². The van der Waals surface area contributed by atoms with Gasteiger partial charge in [0.15, 0.2) is 0 Å². The molecule has 0 bridgehead atoms. The van der Waals surface area contributed by atoms with Gasteiger partial charge in [0, 0.05) is 38.6 Å². The third-order valence-electron chi connectivity index (χ3n) is 6.26. The molecule has 0 radical (unpaired) electrons. The summed E-state index contributed by atoms with van der Waals surface area (Å²) in [5.41, 5.74) is 7.91. The monoisotopic (exact) mass is 559 g/mol. The zero-order valence-corrected chi connectivity index (χ0v) is 21.5. The Labute approximate surface area is 220 Å². The molecule has 2 heterocycles. The Bertz CT molecular complexity index is 1140. The Morgan fingerprint density at radius 3 is 2.32 bits per heavy atom. The van der Waals surface area contributed by atoms with E-state index in [2.05, 4.69) is 12.1 Å². The molecule has 2 aliphatic rings. The summed E-state index contributed by atoms with van der Waals surface area (Å²) in [4.78, 5) is 8.90. The van der Waals surface area contributed by atoms with Crippen LogP contribution in [0.5, 0.6) is 5.75 Å². The first-order valence-electron chi connectivity index (χ1n) is 12.1. The van der Waals surface area contributed by atoms with Crippen LogP contribution in [-0.2, 0) is 26.3 Å².